The van der Waals surface area contributed by atoms with Crippen molar-refractivity contribution in [2.24, 2.45) is 5.41 Å². The maximum Gasteiger partial charge on any atom is 0.248 e. The summed E-state index contributed by atoms with van der Waals surface area (Å²) in [5, 5.41) is 3.79. The van der Waals surface area contributed by atoms with Gasteiger partial charge in [0.15, 0.2) is 0 Å². The lowest BCUT2D eigenvalue weighted by molar-refractivity contribution is 0.197. The largest absolute Gasteiger partial charge is 0.326 e. The second-order valence-corrected chi connectivity index (χ2v) is 6.95. The van der Waals surface area contributed by atoms with Crippen molar-refractivity contribution in [3.05, 3.63) is 33.7 Å². The molecule has 1 saturated carbocycles. The Morgan fingerprint density at radius 3 is 2.85 bits per heavy atom. The Hall–Kier alpha value is -1.09. The van der Waals surface area contributed by atoms with E-state index in [0.717, 1.165) is 18.7 Å². The molecule has 20 heavy (non-hydrogen) atoms. The minimum atomic E-state index is 0.0312. The van der Waals surface area contributed by atoms with Gasteiger partial charge in [-0.25, -0.2) is 0 Å². The van der Waals surface area contributed by atoms with Crippen LogP contribution >= 0.6 is 0 Å². The predicted octanol–water partition coefficient (Wildman–Crippen LogP) is 3.31. The lowest BCUT2D eigenvalue weighted by Crippen LogP contribution is -2.37. The molecular weight excluding hydrogens is 248 g/mol. The molecule has 0 spiro atoms. The normalized spacial score (nSPS) is 25.1. The zero-order chi connectivity index (χ0) is 14.0. The van der Waals surface area contributed by atoms with E-state index in [2.05, 4.69) is 17.2 Å². The van der Waals surface area contributed by atoms with Crippen molar-refractivity contribution in [1.29, 1.82) is 0 Å². The Morgan fingerprint density at radius 2 is 2.05 bits per heavy atom. The van der Waals surface area contributed by atoms with Crippen LogP contribution in [0, 0.1) is 5.41 Å². The molecule has 3 rings (SSSR count). The first-order valence-corrected chi connectivity index (χ1v) is 8.12. The zero-order valence-corrected chi connectivity index (χ0v) is 12.5. The number of hydrogen-bond acceptors (Lipinski definition) is 2. The maximum atomic E-state index is 11.4. The van der Waals surface area contributed by atoms with Gasteiger partial charge in [-0.3, -0.25) is 4.79 Å². The van der Waals surface area contributed by atoms with Gasteiger partial charge in [0.05, 0.1) is 0 Å². The molecule has 1 atom stereocenters. The standard InChI is InChI=1S/C17H26N2O/c1-17(10-3-2-4-11-17)12-18-14-6-5-7-15-13(14)8-9-16(20)19-15/h8-9,14,18H,2-7,10-12H2,1H3,(H,19,20). The molecule has 2 N–H and O–H groups in total. The van der Waals surface area contributed by atoms with Gasteiger partial charge >= 0.3 is 0 Å². The summed E-state index contributed by atoms with van der Waals surface area (Å²) in [6, 6.07) is 4.12. The number of nitrogens with one attached hydrogen (secondary N) is 2. The lowest BCUT2D eigenvalue weighted by Gasteiger charge is -2.36. The van der Waals surface area contributed by atoms with Gasteiger partial charge in [-0.15, -0.1) is 0 Å². The second-order valence-electron chi connectivity index (χ2n) is 6.95. The number of aromatic nitrogens is 1. The SMILES string of the molecule is CC1(CNC2CCCc3[nH]c(=O)ccc32)CCCCC1. The molecule has 0 saturated heterocycles. The summed E-state index contributed by atoms with van der Waals surface area (Å²) in [6.45, 7) is 3.53. The van der Waals surface area contributed by atoms with Gasteiger partial charge in [-0.05, 0) is 43.1 Å². The Labute approximate surface area is 121 Å². The molecule has 0 amide bonds. The van der Waals surface area contributed by atoms with Gasteiger partial charge in [-0.1, -0.05) is 32.3 Å². The molecule has 1 aromatic heterocycles. The third-order valence-electron chi connectivity index (χ3n) is 5.17. The van der Waals surface area contributed by atoms with Crippen LogP contribution in [0.2, 0.25) is 0 Å². The van der Waals surface area contributed by atoms with Crippen LogP contribution in [0.1, 0.15) is 69.2 Å². The molecule has 2 aliphatic rings. The van der Waals surface area contributed by atoms with E-state index in [1.807, 2.05) is 6.07 Å². The lowest BCUT2D eigenvalue weighted by atomic mass is 9.75. The summed E-state index contributed by atoms with van der Waals surface area (Å²) in [7, 11) is 0. The van der Waals surface area contributed by atoms with Crippen LogP contribution in [-0.2, 0) is 6.42 Å². The van der Waals surface area contributed by atoms with Crippen molar-refractivity contribution in [1.82, 2.24) is 10.3 Å². The summed E-state index contributed by atoms with van der Waals surface area (Å²) in [5.41, 5.74) is 2.96. The van der Waals surface area contributed by atoms with Crippen LogP contribution in [0.15, 0.2) is 16.9 Å². The monoisotopic (exact) mass is 274 g/mol. The Morgan fingerprint density at radius 1 is 1.25 bits per heavy atom. The predicted molar refractivity (Wildman–Crippen MR) is 81.9 cm³/mol. The Bertz CT molecular complexity index is 514. The molecule has 0 radical (unpaired) electrons. The van der Waals surface area contributed by atoms with E-state index in [4.69, 9.17) is 0 Å². The van der Waals surface area contributed by atoms with Crippen LogP contribution in [0.5, 0.6) is 0 Å². The third-order valence-corrected chi connectivity index (χ3v) is 5.17. The van der Waals surface area contributed by atoms with Crippen LogP contribution in [0.25, 0.3) is 0 Å². The van der Waals surface area contributed by atoms with E-state index >= 15 is 0 Å². The molecule has 110 valence electrons. The van der Waals surface area contributed by atoms with Gasteiger partial charge in [0.25, 0.3) is 0 Å². The topological polar surface area (TPSA) is 44.9 Å². The van der Waals surface area contributed by atoms with E-state index in [0.29, 0.717) is 11.5 Å². The minimum Gasteiger partial charge on any atom is -0.326 e. The van der Waals surface area contributed by atoms with E-state index < -0.39 is 0 Å². The van der Waals surface area contributed by atoms with Crippen molar-refractivity contribution in [2.75, 3.05) is 6.54 Å². The number of aryl methyl sites for hydroxylation is 1. The molecule has 0 aliphatic heterocycles. The molecule has 0 aromatic carbocycles. The quantitative estimate of drug-likeness (QED) is 0.888. The summed E-state index contributed by atoms with van der Waals surface area (Å²) in [6.07, 6.45) is 10.2. The average Bonchev–Trinajstić information content (AvgIpc) is 2.45. The molecule has 0 bridgehead atoms. The zero-order valence-electron chi connectivity index (χ0n) is 12.5. The first-order valence-electron chi connectivity index (χ1n) is 8.12. The molecular formula is C17H26N2O. The molecule has 3 heteroatoms. The van der Waals surface area contributed by atoms with Crippen LogP contribution in [0.3, 0.4) is 0 Å². The Balaban J connectivity index is 1.68. The smallest absolute Gasteiger partial charge is 0.248 e. The fourth-order valence-electron chi connectivity index (χ4n) is 3.86. The van der Waals surface area contributed by atoms with Crippen molar-refractivity contribution in [2.45, 2.75) is 64.3 Å². The minimum absolute atomic E-state index is 0.0312. The highest BCUT2D eigenvalue weighted by Gasteiger charge is 2.28. The van der Waals surface area contributed by atoms with Gasteiger partial charge < -0.3 is 10.3 Å². The van der Waals surface area contributed by atoms with Crippen molar-refractivity contribution >= 4 is 0 Å². The van der Waals surface area contributed by atoms with Crippen molar-refractivity contribution in [3.63, 3.8) is 0 Å². The maximum absolute atomic E-state index is 11.4. The molecule has 2 aliphatic carbocycles. The fourth-order valence-corrected chi connectivity index (χ4v) is 3.86. The third kappa shape index (κ3) is 2.98. The highest BCUT2D eigenvalue weighted by atomic mass is 16.1. The van der Waals surface area contributed by atoms with Gasteiger partial charge in [-0.2, -0.15) is 0 Å². The van der Waals surface area contributed by atoms with Gasteiger partial charge in [0.1, 0.15) is 0 Å². The van der Waals surface area contributed by atoms with Gasteiger partial charge in [0, 0.05) is 24.3 Å². The first kappa shape index (κ1) is 13.9. The highest BCUT2D eigenvalue weighted by Crippen LogP contribution is 2.36. The average molecular weight is 274 g/mol. The van der Waals surface area contributed by atoms with Crippen LogP contribution in [0.4, 0.5) is 0 Å². The molecule has 3 nitrogen and oxygen atoms in total. The summed E-state index contributed by atoms with van der Waals surface area (Å²) in [5.74, 6) is 0. The fraction of sp³-hybridized carbons (Fsp3) is 0.706. The summed E-state index contributed by atoms with van der Waals surface area (Å²) in [4.78, 5) is 14.4. The van der Waals surface area contributed by atoms with Crippen LogP contribution < -0.4 is 10.9 Å². The molecule has 1 aromatic rings. The molecule has 1 heterocycles. The van der Waals surface area contributed by atoms with E-state index in [1.165, 1.54) is 50.5 Å². The summed E-state index contributed by atoms with van der Waals surface area (Å²) < 4.78 is 0. The first-order chi connectivity index (χ1) is 9.66. The van der Waals surface area contributed by atoms with E-state index in [1.54, 1.807) is 6.07 Å². The van der Waals surface area contributed by atoms with E-state index in [9.17, 15) is 4.79 Å². The van der Waals surface area contributed by atoms with Crippen molar-refractivity contribution in [3.8, 4) is 0 Å². The number of aromatic amines is 1. The molecule has 1 fully saturated rings. The Kier molecular flexibility index (Phi) is 3.97. The number of hydrogen-bond donors (Lipinski definition) is 2. The number of H-pyrrole nitrogens is 1. The number of pyridine rings is 1. The van der Waals surface area contributed by atoms with Crippen LogP contribution in [-0.4, -0.2) is 11.5 Å². The number of fused-ring (bicyclic) bond motifs is 1. The molecule has 1 unspecified atom stereocenters. The van der Waals surface area contributed by atoms with E-state index in [-0.39, 0.29) is 5.56 Å². The van der Waals surface area contributed by atoms with Gasteiger partial charge in [0.2, 0.25) is 5.56 Å². The highest BCUT2D eigenvalue weighted by molar-refractivity contribution is 5.26. The van der Waals surface area contributed by atoms with Crippen molar-refractivity contribution < 1.29 is 0 Å². The number of rotatable bonds is 3. The summed E-state index contributed by atoms with van der Waals surface area (Å²) >= 11 is 0. The second kappa shape index (κ2) is 5.72.